The monoisotopic (exact) mass is 443 g/mol. The van der Waals surface area contributed by atoms with Crippen LogP contribution in [0.3, 0.4) is 0 Å². The van der Waals surface area contributed by atoms with E-state index in [0.717, 1.165) is 30.6 Å². The molecule has 0 saturated carbocycles. The number of nitrogens with zero attached hydrogens (tertiary/aromatic N) is 4. The van der Waals surface area contributed by atoms with Crippen molar-refractivity contribution in [2.45, 2.75) is 37.2 Å². The van der Waals surface area contributed by atoms with Gasteiger partial charge in [-0.15, -0.1) is 4.31 Å². The lowest BCUT2D eigenvalue weighted by molar-refractivity contribution is 0.291. The Labute approximate surface area is 190 Å². The third-order valence-electron chi connectivity index (χ3n) is 6.31. The summed E-state index contributed by atoms with van der Waals surface area (Å²) in [4.78, 5) is 0.691. The van der Waals surface area contributed by atoms with Crippen LogP contribution in [-0.2, 0) is 17.9 Å². The van der Waals surface area contributed by atoms with Crippen LogP contribution in [0.2, 0.25) is 0 Å². The lowest BCUT2D eigenvalue weighted by Crippen LogP contribution is -2.42. The van der Waals surface area contributed by atoms with Crippen molar-refractivity contribution in [2.24, 2.45) is 5.92 Å². The number of nitrogens with one attached hydrogen (secondary N) is 1. The van der Waals surface area contributed by atoms with Gasteiger partial charge >= 0.3 is 0 Å². The minimum atomic E-state index is -1.29. The summed E-state index contributed by atoms with van der Waals surface area (Å²) in [5.41, 5.74) is 3.78. The predicted octanol–water partition coefficient (Wildman–Crippen LogP) is 4.73. The van der Waals surface area contributed by atoms with Gasteiger partial charge in [0.05, 0.1) is 41.3 Å². The maximum Gasteiger partial charge on any atom is 0.175 e. The van der Waals surface area contributed by atoms with Gasteiger partial charge in [0, 0.05) is 41.5 Å². The van der Waals surface area contributed by atoms with Crippen LogP contribution < -0.4 is 0 Å². The van der Waals surface area contributed by atoms with Gasteiger partial charge in [-0.05, 0) is 62.1 Å². The van der Waals surface area contributed by atoms with E-state index in [1.165, 1.54) is 10.9 Å². The molecule has 0 radical (unpaired) electrons. The van der Waals surface area contributed by atoms with Gasteiger partial charge in [-0.1, -0.05) is 12.1 Å². The number of hydrogen-bond donors (Lipinski definition) is 1. The van der Waals surface area contributed by atoms with Gasteiger partial charge in [0.15, 0.2) is 4.90 Å². The molecule has 0 spiro atoms. The number of benzene rings is 2. The van der Waals surface area contributed by atoms with Gasteiger partial charge < -0.3 is 9.12 Å². The van der Waals surface area contributed by atoms with Crippen molar-refractivity contribution < 1.29 is 4.55 Å². The Morgan fingerprint density at radius 3 is 2.88 bits per heavy atom. The molecule has 32 heavy (non-hydrogen) atoms. The number of rotatable bonds is 5. The van der Waals surface area contributed by atoms with E-state index in [-0.39, 0.29) is 5.54 Å². The van der Waals surface area contributed by atoms with Crippen molar-refractivity contribution in [3.63, 3.8) is 0 Å². The van der Waals surface area contributed by atoms with Crippen molar-refractivity contribution in [2.75, 3.05) is 6.54 Å². The molecule has 1 N–H and O–H groups in total. The second kappa shape index (κ2) is 8.14. The zero-order valence-corrected chi connectivity index (χ0v) is 19.0. The topological polar surface area (TPSA) is 83.7 Å². The van der Waals surface area contributed by atoms with Crippen molar-refractivity contribution in [1.82, 2.24) is 19.1 Å². The van der Waals surface area contributed by atoms with Gasteiger partial charge in [0.1, 0.15) is 0 Å². The second-order valence-corrected chi connectivity index (χ2v) is 10.5. The molecule has 2 aromatic carbocycles. The van der Waals surface area contributed by atoms with Crippen molar-refractivity contribution in [3.05, 3.63) is 72.7 Å². The quantitative estimate of drug-likeness (QED) is 0.452. The maximum atomic E-state index is 13.4. The molecule has 0 bridgehead atoms. The number of H-pyrrole nitrogens is 1. The number of aromatic nitrogens is 3. The highest BCUT2D eigenvalue weighted by Crippen LogP contribution is 2.38. The molecule has 1 fully saturated rings. The van der Waals surface area contributed by atoms with E-state index in [4.69, 9.17) is 0 Å². The Bertz CT molecular complexity index is 1290. The number of hydrogen-bond acceptors (Lipinski definition) is 4. The predicted molar refractivity (Wildman–Crippen MR) is 126 cm³/mol. The van der Waals surface area contributed by atoms with Crippen LogP contribution in [0.1, 0.15) is 25.8 Å². The summed E-state index contributed by atoms with van der Waals surface area (Å²) in [6.45, 7) is 5.95. The molecule has 7 heteroatoms. The highest BCUT2D eigenvalue weighted by Gasteiger charge is 2.46. The Hall–Kier alpha value is -3.05. The van der Waals surface area contributed by atoms with Crippen LogP contribution in [0.25, 0.3) is 22.0 Å². The molecule has 2 unspecified atom stereocenters. The highest BCUT2D eigenvalue weighted by atomic mass is 32.2. The zero-order valence-electron chi connectivity index (χ0n) is 18.2. The van der Waals surface area contributed by atoms with Gasteiger partial charge in [-0.3, -0.25) is 5.10 Å². The fraction of sp³-hybridized carbons (Fsp3) is 0.280. The van der Waals surface area contributed by atoms with Crippen LogP contribution in [0.4, 0.5) is 0 Å². The number of nitriles is 1. The van der Waals surface area contributed by atoms with E-state index in [2.05, 4.69) is 69.4 Å². The summed E-state index contributed by atoms with van der Waals surface area (Å²) >= 11 is -1.29. The van der Waals surface area contributed by atoms with E-state index in [1.54, 1.807) is 18.2 Å². The van der Waals surface area contributed by atoms with E-state index >= 15 is 0 Å². The molecule has 3 heterocycles. The average Bonchev–Trinajstić information content (AvgIpc) is 3.52. The first-order valence-electron chi connectivity index (χ1n) is 10.7. The van der Waals surface area contributed by atoms with Gasteiger partial charge in [0.25, 0.3) is 0 Å². The molecule has 2 aromatic heterocycles. The highest BCUT2D eigenvalue weighted by molar-refractivity contribution is 7.89. The van der Waals surface area contributed by atoms with Crippen molar-refractivity contribution >= 4 is 22.3 Å². The first-order chi connectivity index (χ1) is 15.4. The molecule has 0 aliphatic carbocycles. The summed E-state index contributed by atoms with van der Waals surface area (Å²) < 4.78 is 17.7. The molecule has 6 nitrogen and oxygen atoms in total. The van der Waals surface area contributed by atoms with E-state index < -0.39 is 11.4 Å². The van der Waals surface area contributed by atoms with Crippen LogP contribution in [0, 0.1) is 17.2 Å². The first kappa shape index (κ1) is 20.8. The Morgan fingerprint density at radius 1 is 1.22 bits per heavy atom. The zero-order chi connectivity index (χ0) is 22.3. The second-order valence-electron chi connectivity index (χ2n) is 9.06. The summed E-state index contributed by atoms with van der Waals surface area (Å²) in [6, 6.07) is 17.9. The SMILES string of the molecule is CC1(C)CC(Cn2ccc3cc(-c4cn[nH]c4)ccc32)CN1[S+]([O-])c1cccc(C#N)c1. The molecule has 1 saturated heterocycles. The van der Waals surface area contributed by atoms with Crippen LogP contribution in [0.15, 0.2) is 72.0 Å². The fourth-order valence-corrected chi connectivity index (χ4v) is 6.34. The third kappa shape index (κ3) is 3.82. The molecular formula is C25H25N5OS. The van der Waals surface area contributed by atoms with Crippen LogP contribution >= 0.6 is 0 Å². The molecule has 1 aliphatic heterocycles. The molecular weight excluding hydrogens is 418 g/mol. The molecule has 4 aromatic rings. The molecule has 2 atom stereocenters. The van der Waals surface area contributed by atoms with E-state index in [0.29, 0.717) is 16.4 Å². The lowest BCUT2D eigenvalue weighted by Gasteiger charge is -2.30. The summed E-state index contributed by atoms with van der Waals surface area (Å²) in [7, 11) is 0. The van der Waals surface area contributed by atoms with Crippen molar-refractivity contribution in [3.8, 4) is 17.2 Å². The molecule has 1 aliphatic rings. The van der Waals surface area contributed by atoms with E-state index in [9.17, 15) is 9.81 Å². The minimum Gasteiger partial charge on any atom is -0.593 e. The fourth-order valence-electron chi connectivity index (χ4n) is 4.80. The Morgan fingerprint density at radius 2 is 2.09 bits per heavy atom. The third-order valence-corrected chi connectivity index (χ3v) is 8.01. The summed E-state index contributed by atoms with van der Waals surface area (Å²) in [5, 5.41) is 17.3. The molecule has 0 amide bonds. The Balaban J connectivity index is 1.35. The average molecular weight is 444 g/mol. The summed E-state index contributed by atoms with van der Waals surface area (Å²) in [5.74, 6) is 0.386. The number of aromatic amines is 1. The van der Waals surface area contributed by atoms with Crippen LogP contribution in [0.5, 0.6) is 0 Å². The van der Waals surface area contributed by atoms with Crippen LogP contribution in [-0.4, -0.2) is 35.7 Å². The molecule has 5 rings (SSSR count). The van der Waals surface area contributed by atoms with Gasteiger partial charge in [0.2, 0.25) is 0 Å². The largest absolute Gasteiger partial charge is 0.593 e. The maximum absolute atomic E-state index is 13.4. The number of fused-ring (bicyclic) bond motifs is 1. The van der Waals surface area contributed by atoms with E-state index in [1.807, 2.05) is 18.5 Å². The molecule has 162 valence electrons. The normalized spacial score (nSPS) is 19.2. The first-order valence-corrected chi connectivity index (χ1v) is 11.8. The smallest absolute Gasteiger partial charge is 0.175 e. The Kier molecular flexibility index (Phi) is 5.30. The van der Waals surface area contributed by atoms with Gasteiger partial charge in [-0.25, -0.2) is 0 Å². The lowest BCUT2D eigenvalue weighted by atomic mass is 9.97. The standard InChI is InChI=1S/C25H25N5OS/c1-25(2)12-19(17-30(25)32(31)23-5-3-4-18(10-23)13-26)16-29-9-8-21-11-20(6-7-24(21)29)22-14-27-28-15-22/h3-11,14-15,19H,12,16-17H2,1-2H3,(H,27,28). The van der Waals surface area contributed by atoms with Gasteiger partial charge in [-0.2, -0.15) is 10.4 Å². The minimum absolute atomic E-state index is 0.185. The van der Waals surface area contributed by atoms with Crippen molar-refractivity contribution in [1.29, 1.82) is 5.26 Å². The summed E-state index contributed by atoms with van der Waals surface area (Å²) in [6.07, 6.45) is 6.84.